The van der Waals surface area contributed by atoms with Gasteiger partial charge in [0.1, 0.15) is 0 Å². The molecule has 0 aliphatic carbocycles. The van der Waals surface area contributed by atoms with Crippen LogP contribution in [0.2, 0.25) is 0 Å². The molecular weight excluding hydrogens is 240 g/mol. The van der Waals surface area contributed by atoms with Crippen LogP contribution in [0.3, 0.4) is 0 Å². The van der Waals surface area contributed by atoms with Crippen LogP contribution in [0.25, 0.3) is 0 Å². The van der Waals surface area contributed by atoms with Crippen molar-refractivity contribution in [1.29, 1.82) is 0 Å². The zero-order valence-corrected chi connectivity index (χ0v) is 12.0. The van der Waals surface area contributed by atoms with E-state index in [1.165, 1.54) is 0 Å². The van der Waals surface area contributed by atoms with Crippen LogP contribution in [0.4, 0.5) is 5.69 Å². The third-order valence-corrected chi connectivity index (χ3v) is 2.81. The summed E-state index contributed by atoms with van der Waals surface area (Å²) in [5.41, 5.74) is 1.46. The second-order valence-corrected chi connectivity index (χ2v) is 5.57. The Labute approximate surface area is 114 Å². The van der Waals surface area contributed by atoms with Crippen molar-refractivity contribution in [3.8, 4) is 0 Å². The molecule has 1 aromatic rings. The molecule has 2 amide bonds. The van der Waals surface area contributed by atoms with Crippen molar-refractivity contribution in [3.63, 3.8) is 0 Å². The van der Waals surface area contributed by atoms with Gasteiger partial charge in [-0.2, -0.15) is 0 Å². The van der Waals surface area contributed by atoms with Crippen LogP contribution < -0.4 is 10.6 Å². The molecule has 0 fully saturated rings. The van der Waals surface area contributed by atoms with Gasteiger partial charge in [-0.1, -0.05) is 32.9 Å². The number of carbonyl (C=O) groups is 2. The summed E-state index contributed by atoms with van der Waals surface area (Å²) in [6, 6.07) is 7.59. The van der Waals surface area contributed by atoms with E-state index in [1.807, 2.05) is 45.0 Å². The maximum absolute atomic E-state index is 11.8. The summed E-state index contributed by atoms with van der Waals surface area (Å²) in [7, 11) is 1.63. The Kier molecular flexibility index (Phi) is 5.10. The zero-order chi connectivity index (χ0) is 14.5. The number of benzene rings is 1. The highest BCUT2D eigenvalue weighted by Crippen LogP contribution is 2.18. The van der Waals surface area contributed by atoms with Gasteiger partial charge in [0.15, 0.2) is 0 Å². The minimum Gasteiger partial charge on any atom is -0.359 e. The standard InChI is InChI=1S/C15H22N2O2/c1-15(2,3)14(19)17-12-8-5-11(6-9-12)7-10-13(18)16-4/h5-6,8-9H,7,10H2,1-4H3,(H,16,18)(H,17,19). The first kappa shape index (κ1) is 15.2. The molecular formula is C15H22N2O2. The maximum atomic E-state index is 11.8. The molecule has 0 aliphatic rings. The van der Waals surface area contributed by atoms with Gasteiger partial charge in [-0.25, -0.2) is 0 Å². The van der Waals surface area contributed by atoms with Gasteiger partial charge < -0.3 is 10.6 Å². The fraction of sp³-hybridized carbons (Fsp3) is 0.467. The van der Waals surface area contributed by atoms with Gasteiger partial charge in [0.05, 0.1) is 0 Å². The molecule has 0 unspecified atom stereocenters. The van der Waals surface area contributed by atoms with Crippen molar-refractivity contribution >= 4 is 17.5 Å². The summed E-state index contributed by atoms with van der Waals surface area (Å²) in [4.78, 5) is 22.9. The summed E-state index contributed by atoms with van der Waals surface area (Å²) in [6.07, 6.45) is 1.18. The first-order valence-corrected chi connectivity index (χ1v) is 6.44. The predicted molar refractivity (Wildman–Crippen MR) is 76.9 cm³/mol. The van der Waals surface area contributed by atoms with E-state index in [4.69, 9.17) is 0 Å². The molecule has 4 nitrogen and oxygen atoms in total. The molecule has 0 heterocycles. The molecule has 4 heteroatoms. The molecule has 1 aromatic carbocycles. The fourth-order valence-corrected chi connectivity index (χ4v) is 1.46. The lowest BCUT2D eigenvalue weighted by atomic mass is 9.95. The molecule has 104 valence electrons. The lowest BCUT2D eigenvalue weighted by molar-refractivity contribution is -0.123. The van der Waals surface area contributed by atoms with Crippen LogP contribution in [0, 0.1) is 5.41 Å². The van der Waals surface area contributed by atoms with E-state index in [9.17, 15) is 9.59 Å². The van der Waals surface area contributed by atoms with Gasteiger partial charge >= 0.3 is 0 Å². The SMILES string of the molecule is CNC(=O)CCc1ccc(NC(=O)C(C)(C)C)cc1. The normalized spacial score (nSPS) is 10.9. The molecule has 0 spiro atoms. The molecule has 1 rings (SSSR count). The highest BCUT2D eigenvalue weighted by Gasteiger charge is 2.20. The molecule has 0 saturated carbocycles. The predicted octanol–water partition coefficient (Wildman–Crippen LogP) is 2.35. The van der Waals surface area contributed by atoms with Crippen molar-refractivity contribution in [1.82, 2.24) is 5.32 Å². The first-order chi connectivity index (χ1) is 8.82. The van der Waals surface area contributed by atoms with Crippen molar-refractivity contribution < 1.29 is 9.59 Å². The second kappa shape index (κ2) is 6.36. The molecule has 0 radical (unpaired) electrons. The smallest absolute Gasteiger partial charge is 0.229 e. The Morgan fingerprint density at radius 1 is 1.11 bits per heavy atom. The summed E-state index contributed by atoms with van der Waals surface area (Å²) >= 11 is 0. The van der Waals surface area contributed by atoms with Crippen LogP contribution in [0.5, 0.6) is 0 Å². The highest BCUT2D eigenvalue weighted by molar-refractivity contribution is 5.94. The van der Waals surface area contributed by atoms with Crippen LogP contribution in [0.1, 0.15) is 32.8 Å². The molecule has 0 bridgehead atoms. The van der Waals surface area contributed by atoms with Crippen molar-refractivity contribution in [2.45, 2.75) is 33.6 Å². The number of amides is 2. The zero-order valence-electron chi connectivity index (χ0n) is 12.0. The van der Waals surface area contributed by atoms with E-state index in [0.717, 1.165) is 11.3 Å². The van der Waals surface area contributed by atoms with Gasteiger partial charge in [-0.15, -0.1) is 0 Å². The number of rotatable bonds is 4. The van der Waals surface area contributed by atoms with E-state index < -0.39 is 5.41 Å². The number of carbonyl (C=O) groups excluding carboxylic acids is 2. The molecule has 0 atom stereocenters. The Morgan fingerprint density at radius 3 is 2.16 bits per heavy atom. The highest BCUT2D eigenvalue weighted by atomic mass is 16.2. The largest absolute Gasteiger partial charge is 0.359 e. The van der Waals surface area contributed by atoms with E-state index in [1.54, 1.807) is 7.05 Å². The van der Waals surface area contributed by atoms with Crippen LogP contribution >= 0.6 is 0 Å². The number of hydrogen-bond acceptors (Lipinski definition) is 2. The first-order valence-electron chi connectivity index (χ1n) is 6.44. The van der Waals surface area contributed by atoms with Crippen molar-refractivity contribution in [2.75, 3.05) is 12.4 Å². The number of nitrogens with one attached hydrogen (secondary N) is 2. The monoisotopic (exact) mass is 262 g/mol. The summed E-state index contributed by atoms with van der Waals surface area (Å²) in [5.74, 6) is 0.0238. The van der Waals surface area contributed by atoms with E-state index in [2.05, 4.69) is 10.6 Å². The average molecular weight is 262 g/mol. The van der Waals surface area contributed by atoms with E-state index in [0.29, 0.717) is 12.8 Å². The fourth-order valence-electron chi connectivity index (χ4n) is 1.46. The summed E-state index contributed by atoms with van der Waals surface area (Å²) in [6.45, 7) is 5.63. The third kappa shape index (κ3) is 5.12. The van der Waals surface area contributed by atoms with Crippen LogP contribution in [-0.2, 0) is 16.0 Å². The number of aryl methyl sites for hydroxylation is 1. The number of anilines is 1. The lowest BCUT2D eigenvalue weighted by Gasteiger charge is -2.17. The third-order valence-electron chi connectivity index (χ3n) is 2.81. The lowest BCUT2D eigenvalue weighted by Crippen LogP contribution is -2.27. The van der Waals surface area contributed by atoms with Gasteiger partial charge in [0.2, 0.25) is 11.8 Å². The van der Waals surface area contributed by atoms with E-state index >= 15 is 0 Å². The molecule has 0 saturated heterocycles. The quantitative estimate of drug-likeness (QED) is 0.875. The molecule has 19 heavy (non-hydrogen) atoms. The topological polar surface area (TPSA) is 58.2 Å². The van der Waals surface area contributed by atoms with E-state index in [-0.39, 0.29) is 11.8 Å². The Balaban J connectivity index is 2.57. The molecule has 0 aliphatic heterocycles. The van der Waals surface area contributed by atoms with Crippen LogP contribution in [0.15, 0.2) is 24.3 Å². The Morgan fingerprint density at radius 2 is 1.68 bits per heavy atom. The second-order valence-electron chi connectivity index (χ2n) is 5.57. The number of hydrogen-bond donors (Lipinski definition) is 2. The van der Waals surface area contributed by atoms with Gasteiger partial charge in [0, 0.05) is 24.6 Å². The molecule has 2 N–H and O–H groups in total. The average Bonchev–Trinajstić information content (AvgIpc) is 2.36. The summed E-state index contributed by atoms with van der Waals surface area (Å²) in [5, 5.41) is 5.46. The van der Waals surface area contributed by atoms with Gasteiger partial charge in [-0.3, -0.25) is 9.59 Å². The Bertz CT molecular complexity index is 444. The Hall–Kier alpha value is -1.84. The minimum atomic E-state index is -0.405. The van der Waals surface area contributed by atoms with Gasteiger partial charge in [-0.05, 0) is 24.1 Å². The van der Waals surface area contributed by atoms with Crippen molar-refractivity contribution in [3.05, 3.63) is 29.8 Å². The summed E-state index contributed by atoms with van der Waals surface area (Å²) < 4.78 is 0. The maximum Gasteiger partial charge on any atom is 0.229 e. The van der Waals surface area contributed by atoms with Crippen molar-refractivity contribution in [2.24, 2.45) is 5.41 Å². The minimum absolute atomic E-state index is 0.00869. The van der Waals surface area contributed by atoms with Crippen LogP contribution in [-0.4, -0.2) is 18.9 Å². The van der Waals surface area contributed by atoms with Gasteiger partial charge in [0.25, 0.3) is 0 Å². The molecule has 0 aromatic heterocycles.